The minimum Gasteiger partial charge on any atom is -0.508 e. The molecule has 1 aliphatic carbocycles. The summed E-state index contributed by atoms with van der Waals surface area (Å²) in [6, 6.07) is 23.6. The highest BCUT2D eigenvalue weighted by Gasteiger charge is 2.23. The van der Waals surface area contributed by atoms with Crippen LogP contribution < -0.4 is 10.6 Å². The maximum atomic E-state index is 10.1. The third-order valence-corrected chi connectivity index (χ3v) is 7.11. The predicted octanol–water partition coefficient (Wildman–Crippen LogP) is 5.41. The summed E-state index contributed by atoms with van der Waals surface area (Å²) in [5.41, 5.74) is 15.6. The molecule has 4 heteroatoms. The first-order chi connectivity index (χ1) is 16.0. The van der Waals surface area contributed by atoms with Crippen LogP contribution in [0.4, 0.5) is 11.4 Å². The van der Waals surface area contributed by atoms with Gasteiger partial charge in [0.2, 0.25) is 0 Å². The Morgan fingerprint density at radius 3 is 2.27 bits per heavy atom. The normalized spacial score (nSPS) is 16.9. The van der Waals surface area contributed by atoms with Gasteiger partial charge in [-0.25, -0.2) is 0 Å². The SMILES string of the molecule is CC(C)N1CCN(c2ccc(C3=C(c4cccc(N)c4)CCc4cc(O)ccc43)cc2)CC1. The summed E-state index contributed by atoms with van der Waals surface area (Å²) in [6.07, 6.45) is 1.84. The minimum atomic E-state index is 0.330. The Labute approximate surface area is 197 Å². The van der Waals surface area contributed by atoms with Gasteiger partial charge >= 0.3 is 0 Å². The number of aryl methyl sites for hydroxylation is 1. The number of nitrogens with two attached hydrogens (primary N) is 1. The molecule has 3 N–H and O–H groups in total. The van der Waals surface area contributed by atoms with Crippen LogP contribution in [0.1, 0.15) is 42.5 Å². The van der Waals surface area contributed by atoms with E-state index >= 15 is 0 Å². The zero-order valence-corrected chi connectivity index (χ0v) is 19.6. The molecule has 33 heavy (non-hydrogen) atoms. The Bertz CT molecular complexity index is 1170. The van der Waals surface area contributed by atoms with Crippen molar-refractivity contribution in [2.24, 2.45) is 0 Å². The predicted molar refractivity (Wildman–Crippen MR) is 139 cm³/mol. The molecule has 0 amide bonds. The lowest BCUT2D eigenvalue weighted by Gasteiger charge is -2.38. The molecule has 1 saturated heterocycles. The third-order valence-electron chi connectivity index (χ3n) is 7.11. The van der Waals surface area contributed by atoms with Crippen molar-refractivity contribution in [2.45, 2.75) is 32.7 Å². The number of phenolic OH excluding ortho intramolecular Hbond substituents is 1. The number of nitrogens with zero attached hydrogens (tertiary/aromatic N) is 2. The molecule has 1 aliphatic heterocycles. The van der Waals surface area contributed by atoms with Crippen LogP contribution in [0.15, 0.2) is 66.7 Å². The molecular weight excluding hydrogens is 406 g/mol. The summed E-state index contributed by atoms with van der Waals surface area (Å²) < 4.78 is 0. The second kappa shape index (κ2) is 8.95. The number of hydrogen-bond acceptors (Lipinski definition) is 4. The number of anilines is 2. The van der Waals surface area contributed by atoms with E-state index in [1.165, 1.54) is 39.1 Å². The molecule has 1 fully saturated rings. The van der Waals surface area contributed by atoms with E-state index in [1.54, 1.807) is 6.07 Å². The quantitative estimate of drug-likeness (QED) is 0.534. The molecule has 5 rings (SSSR count). The van der Waals surface area contributed by atoms with Crippen LogP contribution >= 0.6 is 0 Å². The first-order valence-corrected chi connectivity index (χ1v) is 12.0. The van der Waals surface area contributed by atoms with Gasteiger partial charge in [0.05, 0.1) is 0 Å². The van der Waals surface area contributed by atoms with Crippen molar-refractivity contribution in [1.29, 1.82) is 0 Å². The standard InChI is InChI=1S/C29H33N3O/c1-20(2)31-14-16-32(17-15-31)25-9-6-21(7-10-25)29-27(22-4-3-5-24(30)18-22)12-8-23-19-26(33)11-13-28(23)29/h3-7,9-11,13,18-20,33H,8,12,14-17,30H2,1-2H3. The number of phenols is 1. The summed E-state index contributed by atoms with van der Waals surface area (Å²) in [5, 5.41) is 10.1. The van der Waals surface area contributed by atoms with Gasteiger partial charge in [0.1, 0.15) is 5.75 Å². The molecule has 0 atom stereocenters. The fourth-order valence-electron chi connectivity index (χ4n) is 5.26. The van der Waals surface area contributed by atoms with Gasteiger partial charge in [-0.05, 0) is 96.5 Å². The molecule has 3 aromatic carbocycles. The summed E-state index contributed by atoms with van der Waals surface area (Å²) in [6.45, 7) is 8.91. The second-order valence-corrected chi connectivity index (χ2v) is 9.48. The highest BCUT2D eigenvalue weighted by atomic mass is 16.3. The molecule has 170 valence electrons. The lowest BCUT2D eigenvalue weighted by Crippen LogP contribution is -2.48. The van der Waals surface area contributed by atoms with Gasteiger partial charge in [-0.15, -0.1) is 0 Å². The van der Waals surface area contributed by atoms with Crippen molar-refractivity contribution >= 4 is 22.5 Å². The average molecular weight is 440 g/mol. The number of fused-ring (bicyclic) bond motifs is 1. The van der Waals surface area contributed by atoms with E-state index in [2.05, 4.69) is 66.1 Å². The van der Waals surface area contributed by atoms with Crippen molar-refractivity contribution in [1.82, 2.24) is 4.90 Å². The van der Waals surface area contributed by atoms with Crippen LogP contribution in [0.5, 0.6) is 5.75 Å². The Morgan fingerprint density at radius 1 is 0.818 bits per heavy atom. The molecule has 0 spiro atoms. The van der Waals surface area contributed by atoms with Gasteiger partial charge in [-0.1, -0.05) is 30.3 Å². The molecular formula is C29H33N3O. The van der Waals surface area contributed by atoms with Gasteiger partial charge in [0.15, 0.2) is 0 Å². The fraction of sp³-hybridized carbons (Fsp3) is 0.310. The summed E-state index contributed by atoms with van der Waals surface area (Å²) in [4.78, 5) is 5.03. The van der Waals surface area contributed by atoms with Crippen LogP contribution in [0.2, 0.25) is 0 Å². The molecule has 2 aliphatic rings. The Kier molecular flexibility index (Phi) is 5.86. The van der Waals surface area contributed by atoms with Crippen LogP contribution in [-0.2, 0) is 6.42 Å². The van der Waals surface area contributed by atoms with Gasteiger partial charge in [0.25, 0.3) is 0 Å². The number of benzene rings is 3. The molecule has 0 unspecified atom stereocenters. The summed E-state index contributed by atoms with van der Waals surface area (Å²) in [5.74, 6) is 0.330. The zero-order chi connectivity index (χ0) is 22.9. The largest absolute Gasteiger partial charge is 0.508 e. The molecule has 0 bridgehead atoms. The van der Waals surface area contributed by atoms with E-state index in [1.807, 2.05) is 18.2 Å². The lowest BCUT2D eigenvalue weighted by atomic mass is 9.79. The number of nitrogen functional groups attached to an aromatic ring is 1. The number of allylic oxidation sites excluding steroid dienone is 1. The highest BCUT2D eigenvalue weighted by Crippen LogP contribution is 2.42. The van der Waals surface area contributed by atoms with Gasteiger partial charge in [0, 0.05) is 43.6 Å². The van der Waals surface area contributed by atoms with E-state index in [4.69, 9.17) is 5.73 Å². The molecule has 1 heterocycles. The summed E-state index contributed by atoms with van der Waals surface area (Å²) in [7, 11) is 0. The van der Waals surface area contributed by atoms with Gasteiger partial charge in [-0.3, -0.25) is 4.90 Å². The Balaban J connectivity index is 1.52. The first-order valence-electron chi connectivity index (χ1n) is 12.0. The maximum Gasteiger partial charge on any atom is 0.115 e. The topological polar surface area (TPSA) is 52.7 Å². The van der Waals surface area contributed by atoms with Crippen molar-refractivity contribution in [3.05, 3.63) is 89.0 Å². The smallest absolute Gasteiger partial charge is 0.115 e. The second-order valence-electron chi connectivity index (χ2n) is 9.48. The van der Waals surface area contributed by atoms with Crippen LogP contribution in [-0.4, -0.2) is 42.2 Å². The zero-order valence-electron chi connectivity index (χ0n) is 19.6. The van der Waals surface area contributed by atoms with E-state index in [9.17, 15) is 5.11 Å². The molecule has 3 aromatic rings. The molecule has 0 saturated carbocycles. The van der Waals surface area contributed by atoms with E-state index in [0.717, 1.165) is 44.7 Å². The van der Waals surface area contributed by atoms with Crippen molar-refractivity contribution in [3.8, 4) is 5.75 Å². The van der Waals surface area contributed by atoms with E-state index in [0.29, 0.717) is 11.8 Å². The average Bonchev–Trinajstić information content (AvgIpc) is 2.83. The number of rotatable bonds is 4. The minimum absolute atomic E-state index is 0.330. The van der Waals surface area contributed by atoms with Crippen LogP contribution in [0.25, 0.3) is 11.1 Å². The van der Waals surface area contributed by atoms with Crippen molar-refractivity contribution < 1.29 is 5.11 Å². The number of aromatic hydroxyl groups is 1. The first kappa shape index (κ1) is 21.6. The number of piperazine rings is 1. The summed E-state index contributed by atoms with van der Waals surface area (Å²) >= 11 is 0. The van der Waals surface area contributed by atoms with Crippen molar-refractivity contribution in [3.63, 3.8) is 0 Å². The molecule has 0 radical (unpaired) electrons. The van der Waals surface area contributed by atoms with Gasteiger partial charge < -0.3 is 15.7 Å². The molecule has 4 nitrogen and oxygen atoms in total. The highest BCUT2D eigenvalue weighted by molar-refractivity contribution is 6.01. The lowest BCUT2D eigenvalue weighted by molar-refractivity contribution is 0.209. The van der Waals surface area contributed by atoms with E-state index in [-0.39, 0.29) is 0 Å². The number of hydrogen-bond donors (Lipinski definition) is 2. The molecule has 0 aromatic heterocycles. The van der Waals surface area contributed by atoms with E-state index < -0.39 is 0 Å². The fourth-order valence-corrected chi connectivity index (χ4v) is 5.26. The monoisotopic (exact) mass is 439 g/mol. The Morgan fingerprint density at radius 2 is 1.58 bits per heavy atom. The third kappa shape index (κ3) is 4.36. The van der Waals surface area contributed by atoms with Crippen molar-refractivity contribution in [2.75, 3.05) is 36.8 Å². The van der Waals surface area contributed by atoms with Crippen LogP contribution in [0, 0.1) is 0 Å². The Hall–Kier alpha value is -3.24. The maximum absolute atomic E-state index is 10.1. The van der Waals surface area contributed by atoms with Crippen LogP contribution in [0.3, 0.4) is 0 Å². The van der Waals surface area contributed by atoms with Gasteiger partial charge in [-0.2, -0.15) is 0 Å².